The van der Waals surface area contributed by atoms with Gasteiger partial charge in [0.05, 0.1) is 0 Å². The number of rotatable bonds is 6. The van der Waals surface area contributed by atoms with Crippen molar-refractivity contribution >= 4 is 41.6 Å². The van der Waals surface area contributed by atoms with Gasteiger partial charge < -0.3 is 9.44 Å². The topological polar surface area (TPSA) is 96.5 Å². The molecule has 1 aliphatic carbocycles. The summed E-state index contributed by atoms with van der Waals surface area (Å²) < 4.78 is 60.8. The zero-order valence-electron chi connectivity index (χ0n) is 20.4. The van der Waals surface area contributed by atoms with Gasteiger partial charge >= 0.3 is 37.7 Å². The summed E-state index contributed by atoms with van der Waals surface area (Å²) in [6.45, 7) is 0. The van der Waals surface area contributed by atoms with Gasteiger partial charge in [0.2, 0.25) is 0 Å². The minimum Gasteiger partial charge on any atom is -0.543 e. The first kappa shape index (κ1) is 29.0. The SMILES string of the molecule is O=S(=O)([N-][C@@H]1CCCC[C@H]1[N-]S(=O)(=O)c1ccc2ccccc2c1)c1ccc2ccccc2c1.[Li+].[Li+]. The van der Waals surface area contributed by atoms with E-state index in [-0.39, 0.29) is 47.5 Å². The molecule has 176 valence electrons. The van der Waals surface area contributed by atoms with Crippen LogP contribution in [-0.4, -0.2) is 28.9 Å². The number of hydrogen-bond donors (Lipinski definition) is 0. The average molecular weight is 507 g/mol. The molecule has 0 saturated heterocycles. The third-order valence-corrected chi connectivity index (χ3v) is 9.08. The number of hydrogen-bond acceptors (Lipinski definition) is 4. The molecule has 2 atom stereocenters. The molecule has 1 saturated carbocycles. The van der Waals surface area contributed by atoms with Crippen LogP contribution in [0.4, 0.5) is 0 Å². The first-order chi connectivity index (χ1) is 16.3. The van der Waals surface area contributed by atoms with Crippen molar-refractivity contribution in [2.75, 3.05) is 0 Å². The molecular formula is C26H24Li2N2O4S2. The summed E-state index contributed by atoms with van der Waals surface area (Å²) in [7, 11) is -7.93. The van der Waals surface area contributed by atoms with E-state index in [4.69, 9.17) is 0 Å². The minimum absolute atomic E-state index is 0. The zero-order valence-corrected chi connectivity index (χ0v) is 22.0. The standard InChI is InChI=1S/C26H24N2O4S2.2Li/c29-33(30,23-15-13-19-7-1-3-9-21(19)17-23)27-25-11-5-6-12-26(25)28-34(31,32)24-16-14-20-8-2-4-10-22(20)18-24;;/h1-4,7-10,13-18,25-26H,5-6,11-12H2;;/q-2;2*+1/t25-,26-;;/m1../s1. The van der Waals surface area contributed by atoms with E-state index in [1.165, 1.54) is 0 Å². The van der Waals surface area contributed by atoms with E-state index in [0.717, 1.165) is 34.4 Å². The number of nitrogens with zero attached hydrogens (tertiary/aromatic N) is 2. The van der Waals surface area contributed by atoms with Gasteiger partial charge in [0, 0.05) is 9.79 Å². The molecule has 5 rings (SSSR count). The second-order valence-electron chi connectivity index (χ2n) is 8.60. The summed E-state index contributed by atoms with van der Waals surface area (Å²) in [6, 6.07) is 23.4. The predicted octanol–water partition coefficient (Wildman–Crippen LogP) is 0.137. The molecule has 0 heterocycles. The van der Waals surface area contributed by atoms with Crippen molar-refractivity contribution in [3.8, 4) is 0 Å². The van der Waals surface area contributed by atoms with Crippen LogP contribution < -0.4 is 37.7 Å². The maximum atomic E-state index is 13.1. The Balaban J connectivity index is 0.00000180. The van der Waals surface area contributed by atoms with Gasteiger partial charge in [-0.3, -0.25) is 0 Å². The Morgan fingerprint density at radius 1 is 0.528 bits per heavy atom. The van der Waals surface area contributed by atoms with Crippen LogP contribution in [0.3, 0.4) is 0 Å². The molecule has 0 aliphatic heterocycles. The summed E-state index contributed by atoms with van der Waals surface area (Å²) in [5, 5.41) is 3.49. The quantitative estimate of drug-likeness (QED) is 0.348. The van der Waals surface area contributed by atoms with Crippen LogP contribution in [0.15, 0.2) is 94.7 Å². The van der Waals surface area contributed by atoms with Crippen LogP contribution in [0.25, 0.3) is 31.0 Å². The number of fused-ring (bicyclic) bond motifs is 2. The van der Waals surface area contributed by atoms with E-state index in [1.54, 1.807) is 36.4 Å². The maximum Gasteiger partial charge on any atom is 1.00 e. The molecule has 36 heavy (non-hydrogen) atoms. The third kappa shape index (κ3) is 6.27. The van der Waals surface area contributed by atoms with Crippen molar-refractivity contribution in [2.45, 2.75) is 47.6 Å². The second-order valence-corrected chi connectivity index (χ2v) is 11.9. The molecule has 0 N–H and O–H groups in total. The molecule has 6 nitrogen and oxygen atoms in total. The van der Waals surface area contributed by atoms with Gasteiger partial charge in [0.15, 0.2) is 0 Å². The minimum atomic E-state index is -3.96. The fourth-order valence-electron chi connectivity index (χ4n) is 4.47. The Morgan fingerprint density at radius 3 is 1.28 bits per heavy atom. The molecule has 1 fully saturated rings. The van der Waals surface area contributed by atoms with E-state index in [2.05, 4.69) is 9.44 Å². The van der Waals surface area contributed by atoms with Gasteiger partial charge in [-0.2, -0.15) is 0 Å². The van der Waals surface area contributed by atoms with E-state index in [1.807, 2.05) is 48.5 Å². The maximum absolute atomic E-state index is 13.1. The Hall–Kier alpha value is -1.59. The van der Waals surface area contributed by atoms with Crippen molar-refractivity contribution in [3.63, 3.8) is 0 Å². The van der Waals surface area contributed by atoms with Gasteiger partial charge in [-0.05, 0) is 45.8 Å². The average Bonchev–Trinajstić information content (AvgIpc) is 2.84. The van der Waals surface area contributed by atoms with E-state index in [9.17, 15) is 16.8 Å². The fraction of sp³-hybridized carbons (Fsp3) is 0.231. The van der Waals surface area contributed by atoms with Gasteiger partial charge in [0.25, 0.3) is 0 Å². The Kier molecular flexibility index (Phi) is 9.54. The molecule has 0 bridgehead atoms. The van der Waals surface area contributed by atoms with E-state index >= 15 is 0 Å². The van der Waals surface area contributed by atoms with Crippen molar-refractivity contribution < 1.29 is 54.6 Å². The summed E-state index contributed by atoms with van der Waals surface area (Å²) in [6.07, 6.45) is 2.52. The molecule has 0 radical (unpaired) electrons. The van der Waals surface area contributed by atoms with Gasteiger partial charge in [-0.25, -0.2) is 16.8 Å². The number of benzene rings is 4. The molecule has 0 unspecified atom stereocenters. The van der Waals surface area contributed by atoms with Crippen molar-refractivity contribution in [1.82, 2.24) is 0 Å². The van der Waals surface area contributed by atoms with Crippen LogP contribution in [0, 0.1) is 0 Å². The zero-order chi connectivity index (χ0) is 23.8. The predicted molar refractivity (Wildman–Crippen MR) is 135 cm³/mol. The first-order valence-electron chi connectivity index (χ1n) is 11.2. The van der Waals surface area contributed by atoms with E-state index < -0.39 is 32.1 Å². The van der Waals surface area contributed by atoms with Gasteiger partial charge in [0.1, 0.15) is 20.0 Å². The normalized spacial score (nSPS) is 18.3. The summed E-state index contributed by atoms with van der Waals surface area (Å²) >= 11 is 0. The molecule has 4 aromatic carbocycles. The molecule has 0 aromatic heterocycles. The second kappa shape index (κ2) is 11.9. The molecule has 1 aliphatic rings. The number of sulfonamides is 2. The summed E-state index contributed by atoms with van der Waals surface area (Å²) in [4.78, 5) is 0.209. The van der Waals surface area contributed by atoms with Crippen LogP contribution in [0.5, 0.6) is 0 Å². The summed E-state index contributed by atoms with van der Waals surface area (Å²) in [5.74, 6) is 0. The largest absolute Gasteiger partial charge is 1.00 e. The molecule has 0 amide bonds. The van der Waals surface area contributed by atoms with Crippen LogP contribution in [0.1, 0.15) is 25.7 Å². The first-order valence-corrected chi connectivity index (χ1v) is 14.1. The van der Waals surface area contributed by atoms with Crippen molar-refractivity contribution in [3.05, 3.63) is 94.4 Å². The molecular weight excluding hydrogens is 482 g/mol. The van der Waals surface area contributed by atoms with Crippen LogP contribution in [-0.2, 0) is 20.0 Å². The Morgan fingerprint density at radius 2 is 0.889 bits per heavy atom. The summed E-state index contributed by atoms with van der Waals surface area (Å²) in [5.41, 5.74) is 0. The monoisotopic (exact) mass is 506 g/mol. The van der Waals surface area contributed by atoms with Gasteiger partial charge in [-0.1, -0.05) is 86.3 Å². The Bertz CT molecular complexity index is 1460. The van der Waals surface area contributed by atoms with Crippen molar-refractivity contribution in [1.29, 1.82) is 0 Å². The van der Waals surface area contributed by atoms with Crippen LogP contribution in [0.2, 0.25) is 0 Å². The molecule has 4 aromatic rings. The van der Waals surface area contributed by atoms with Crippen molar-refractivity contribution in [2.24, 2.45) is 0 Å². The van der Waals surface area contributed by atoms with E-state index in [0.29, 0.717) is 12.8 Å². The molecule has 0 spiro atoms. The van der Waals surface area contributed by atoms with Crippen LogP contribution >= 0.6 is 0 Å². The molecule has 10 heteroatoms. The smallest absolute Gasteiger partial charge is 0.543 e. The van der Waals surface area contributed by atoms with Gasteiger partial charge in [-0.15, -0.1) is 12.1 Å². The third-order valence-electron chi connectivity index (χ3n) is 6.28. The fourth-order valence-corrected chi connectivity index (χ4v) is 6.95. The Labute approximate surface area is 236 Å².